The predicted molar refractivity (Wildman–Crippen MR) is 117 cm³/mol. The van der Waals surface area contributed by atoms with Crippen LogP contribution in [0.25, 0.3) is 10.9 Å². The fourth-order valence-corrected chi connectivity index (χ4v) is 3.47. The average Bonchev–Trinajstić information content (AvgIpc) is 3.27. The van der Waals surface area contributed by atoms with Gasteiger partial charge in [0.1, 0.15) is 11.3 Å². The molecule has 0 saturated heterocycles. The number of halogens is 1. The number of amides is 2. The highest BCUT2D eigenvalue weighted by atomic mass is 35.5. The standard InChI is InChI=1S/C21H15ClN4O3S/c22-16-7-8-17(19-15(16)2-1-9-23-19)29-12-18(27)25-14-5-3-13(4-6-14)20(28)26-21-24-10-11-30-21/h1-11H,12H2,(H,25,27)(H,24,26,28). The molecular formula is C21H15ClN4O3S. The number of pyridine rings is 1. The summed E-state index contributed by atoms with van der Waals surface area (Å²) in [7, 11) is 0. The minimum atomic E-state index is -0.339. The van der Waals surface area contributed by atoms with Crippen LogP contribution in [0.4, 0.5) is 10.8 Å². The first-order valence-electron chi connectivity index (χ1n) is 8.87. The van der Waals surface area contributed by atoms with E-state index in [1.54, 1.807) is 60.2 Å². The van der Waals surface area contributed by atoms with Gasteiger partial charge in [-0.3, -0.25) is 19.9 Å². The largest absolute Gasteiger partial charge is 0.481 e. The summed E-state index contributed by atoms with van der Waals surface area (Å²) in [5, 5.41) is 9.05. The van der Waals surface area contributed by atoms with Gasteiger partial charge in [-0.15, -0.1) is 11.3 Å². The number of ether oxygens (including phenoxy) is 1. The molecule has 0 aliphatic carbocycles. The van der Waals surface area contributed by atoms with E-state index in [1.807, 2.05) is 6.07 Å². The summed E-state index contributed by atoms with van der Waals surface area (Å²) in [5.41, 5.74) is 1.60. The number of carbonyl (C=O) groups is 2. The normalized spacial score (nSPS) is 10.6. The molecule has 9 heteroatoms. The Labute approximate surface area is 180 Å². The molecular weight excluding hydrogens is 424 g/mol. The molecule has 0 saturated carbocycles. The Balaban J connectivity index is 1.35. The number of aromatic nitrogens is 2. The molecule has 2 aromatic heterocycles. The molecule has 0 aliphatic heterocycles. The van der Waals surface area contributed by atoms with Gasteiger partial charge in [0.15, 0.2) is 11.7 Å². The Bertz CT molecular complexity index is 1200. The number of nitrogens with zero attached hydrogens (tertiary/aromatic N) is 2. The van der Waals surface area contributed by atoms with Crippen LogP contribution < -0.4 is 15.4 Å². The van der Waals surface area contributed by atoms with Crippen molar-refractivity contribution >= 4 is 56.5 Å². The van der Waals surface area contributed by atoms with E-state index in [0.717, 1.165) is 5.39 Å². The summed E-state index contributed by atoms with van der Waals surface area (Å²) in [5.74, 6) is -0.137. The van der Waals surface area contributed by atoms with Crippen LogP contribution in [0.5, 0.6) is 5.75 Å². The smallest absolute Gasteiger partial charge is 0.262 e. The summed E-state index contributed by atoms with van der Waals surface area (Å²) in [6, 6.07) is 13.5. The third-order valence-electron chi connectivity index (χ3n) is 4.12. The number of anilines is 2. The Hall–Kier alpha value is -3.49. The molecule has 4 aromatic rings. The van der Waals surface area contributed by atoms with Gasteiger partial charge in [-0.05, 0) is 48.5 Å². The minimum absolute atomic E-state index is 0.195. The van der Waals surface area contributed by atoms with Crippen molar-refractivity contribution in [2.75, 3.05) is 17.2 Å². The van der Waals surface area contributed by atoms with Gasteiger partial charge in [-0.25, -0.2) is 4.98 Å². The zero-order chi connectivity index (χ0) is 20.9. The quantitative estimate of drug-likeness (QED) is 0.458. The third kappa shape index (κ3) is 4.56. The molecule has 0 fully saturated rings. The predicted octanol–water partition coefficient (Wildman–Crippen LogP) is 4.61. The first-order valence-corrected chi connectivity index (χ1v) is 10.1. The van der Waals surface area contributed by atoms with E-state index in [-0.39, 0.29) is 18.4 Å². The van der Waals surface area contributed by atoms with Crippen molar-refractivity contribution in [2.45, 2.75) is 0 Å². The Morgan fingerprint density at radius 1 is 1.00 bits per heavy atom. The van der Waals surface area contributed by atoms with Gasteiger partial charge >= 0.3 is 0 Å². The fourth-order valence-electron chi connectivity index (χ4n) is 2.73. The Kier molecular flexibility index (Phi) is 5.87. The van der Waals surface area contributed by atoms with Gasteiger partial charge in [0.2, 0.25) is 0 Å². The second-order valence-electron chi connectivity index (χ2n) is 6.15. The minimum Gasteiger partial charge on any atom is -0.481 e. The molecule has 2 aromatic carbocycles. The van der Waals surface area contributed by atoms with Crippen molar-refractivity contribution < 1.29 is 14.3 Å². The molecule has 0 radical (unpaired) electrons. The first kappa shape index (κ1) is 19.8. The maximum atomic E-state index is 12.3. The van der Waals surface area contributed by atoms with Crippen molar-refractivity contribution in [1.82, 2.24) is 9.97 Å². The molecule has 2 amide bonds. The number of rotatable bonds is 6. The number of hydrogen-bond donors (Lipinski definition) is 2. The number of thiazole rings is 1. The molecule has 30 heavy (non-hydrogen) atoms. The highest BCUT2D eigenvalue weighted by Gasteiger charge is 2.11. The van der Waals surface area contributed by atoms with Gasteiger partial charge < -0.3 is 10.1 Å². The number of benzene rings is 2. The van der Waals surface area contributed by atoms with Gasteiger partial charge in [-0.2, -0.15) is 0 Å². The molecule has 0 spiro atoms. The molecule has 0 aliphatic rings. The summed E-state index contributed by atoms with van der Waals surface area (Å²) in [6.07, 6.45) is 3.25. The number of hydrogen-bond acceptors (Lipinski definition) is 6. The summed E-state index contributed by atoms with van der Waals surface area (Å²) in [4.78, 5) is 32.7. The lowest BCUT2D eigenvalue weighted by atomic mass is 10.2. The van der Waals surface area contributed by atoms with Crippen LogP contribution in [0, 0.1) is 0 Å². The summed E-state index contributed by atoms with van der Waals surface area (Å²) < 4.78 is 5.63. The van der Waals surface area contributed by atoms with E-state index in [9.17, 15) is 9.59 Å². The second kappa shape index (κ2) is 8.89. The SMILES string of the molecule is O=C(COc1ccc(Cl)c2cccnc12)Nc1ccc(C(=O)Nc2nccs2)cc1. The van der Waals surface area contributed by atoms with Crippen molar-refractivity contribution in [3.8, 4) is 5.75 Å². The Morgan fingerprint density at radius 2 is 1.83 bits per heavy atom. The highest BCUT2D eigenvalue weighted by molar-refractivity contribution is 7.13. The molecule has 7 nitrogen and oxygen atoms in total. The maximum Gasteiger partial charge on any atom is 0.262 e. The number of carbonyl (C=O) groups excluding carboxylic acids is 2. The lowest BCUT2D eigenvalue weighted by Crippen LogP contribution is -2.20. The van der Waals surface area contributed by atoms with Crippen molar-refractivity contribution in [3.05, 3.63) is 76.9 Å². The van der Waals surface area contributed by atoms with Crippen LogP contribution in [0.15, 0.2) is 66.3 Å². The molecule has 0 bridgehead atoms. The lowest BCUT2D eigenvalue weighted by Gasteiger charge is -2.10. The summed E-state index contributed by atoms with van der Waals surface area (Å²) in [6.45, 7) is -0.195. The van der Waals surface area contributed by atoms with Gasteiger partial charge in [-0.1, -0.05) is 11.6 Å². The molecule has 0 unspecified atom stereocenters. The molecule has 2 heterocycles. The van der Waals surface area contributed by atoms with Crippen molar-refractivity contribution in [2.24, 2.45) is 0 Å². The van der Waals surface area contributed by atoms with Crippen LogP contribution in [0.1, 0.15) is 10.4 Å². The lowest BCUT2D eigenvalue weighted by molar-refractivity contribution is -0.118. The highest BCUT2D eigenvalue weighted by Crippen LogP contribution is 2.29. The van der Waals surface area contributed by atoms with Crippen LogP contribution in [0.2, 0.25) is 5.02 Å². The molecule has 4 rings (SSSR count). The van der Waals surface area contributed by atoms with E-state index >= 15 is 0 Å². The summed E-state index contributed by atoms with van der Waals surface area (Å²) >= 11 is 7.50. The Morgan fingerprint density at radius 3 is 2.60 bits per heavy atom. The van der Waals surface area contributed by atoms with E-state index in [1.165, 1.54) is 11.3 Å². The van der Waals surface area contributed by atoms with E-state index < -0.39 is 0 Å². The van der Waals surface area contributed by atoms with Crippen molar-refractivity contribution in [1.29, 1.82) is 0 Å². The van der Waals surface area contributed by atoms with E-state index in [4.69, 9.17) is 16.3 Å². The van der Waals surface area contributed by atoms with Crippen LogP contribution in [-0.4, -0.2) is 28.4 Å². The van der Waals surface area contributed by atoms with Crippen LogP contribution in [-0.2, 0) is 4.79 Å². The monoisotopic (exact) mass is 438 g/mol. The molecule has 2 N–H and O–H groups in total. The molecule has 150 valence electrons. The first-order chi connectivity index (χ1) is 14.6. The number of nitrogens with one attached hydrogen (secondary N) is 2. The fraction of sp³-hybridized carbons (Fsp3) is 0.0476. The second-order valence-corrected chi connectivity index (χ2v) is 7.45. The van der Waals surface area contributed by atoms with E-state index in [2.05, 4.69) is 20.6 Å². The zero-order valence-corrected chi connectivity index (χ0v) is 17.0. The van der Waals surface area contributed by atoms with Gasteiger partial charge in [0.25, 0.3) is 11.8 Å². The van der Waals surface area contributed by atoms with Gasteiger partial charge in [0, 0.05) is 34.4 Å². The third-order valence-corrected chi connectivity index (χ3v) is 5.14. The van der Waals surface area contributed by atoms with Crippen molar-refractivity contribution in [3.63, 3.8) is 0 Å². The topological polar surface area (TPSA) is 93.2 Å². The number of fused-ring (bicyclic) bond motifs is 1. The van der Waals surface area contributed by atoms with Crippen LogP contribution in [0.3, 0.4) is 0 Å². The van der Waals surface area contributed by atoms with E-state index in [0.29, 0.717) is 32.7 Å². The average molecular weight is 439 g/mol. The maximum absolute atomic E-state index is 12.3. The van der Waals surface area contributed by atoms with Gasteiger partial charge in [0.05, 0.1) is 5.02 Å². The zero-order valence-electron chi connectivity index (χ0n) is 15.5. The van der Waals surface area contributed by atoms with Crippen LogP contribution >= 0.6 is 22.9 Å². The molecule has 0 atom stereocenters.